The molecule has 1 atom stereocenters. The number of nitrogens with one attached hydrogen (secondary N) is 2. The summed E-state index contributed by atoms with van der Waals surface area (Å²) in [5.41, 5.74) is 2.62. The van der Waals surface area contributed by atoms with Crippen LogP contribution in [-0.2, 0) is 22.6 Å². The topological polar surface area (TPSA) is 58.1 Å². The number of unbranched alkanes of at least 4 members (excludes halogenated alkanes) is 1. The highest BCUT2D eigenvalue weighted by atomic mass is 16.5. The van der Waals surface area contributed by atoms with Gasteiger partial charge in [0.1, 0.15) is 0 Å². The monoisotopic (exact) mass is 376 g/mol. The molecule has 1 aliphatic heterocycles. The van der Waals surface area contributed by atoms with Crippen LogP contribution in [0.15, 0.2) is 29.3 Å². The van der Waals surface area contributed by atoms with Gasteiger partial charge in [-0.25, -0.2) is 0 Å². The molecule has 1 aromatic rings. The van der Waals surface area contributed by atoms with Gasteiger partial charge in [0, 0.05) is 53.0 Å². The van der Waals surface area contributed by atoms with Crippen LogP contribution in [0.4, 0.5) is 0 Å². The van der Waals surface area contributed by atoms with Crippen LogP contribution >= 0.6 is 0 Å². The first-order chi connectivity index (χ1) is 13.2. The van der Waals surface area contributed by atoms with Crippen molar-refractivity contribution in [1.82, 2.24) is 15.5 Å². The van der Waals surface area contributed by atoms with Crippen LogP contribution < -0.4 is 10.6 Å². The summed E-state index contributed by atoms with van der Waals surface area (Å²) in [5.74, 6) is 0.846. The number of ether oxygens (including phenoxy) is 2. The van der Waals surface area contributed by atoms with Crippen LogP contribution in [0.25, 0.3) is 0 Å². The Hall–Kier alpha value is -1.63. The minimum Gasteiger partial charge on any atom is -0.382 e. The second-order valence-electron chi connectivity index (χ2n) is 6.99. The first-order valence-electron chi connectivity index (χ1n) is 10.1. The fourth-order valence-corrected chi connectivity index (χ4v) is 3.22. The zero-order valence-electron chi connectivity index (χ0n) is 17.2. The van der Waals surface area contributed by atoms with Gasteiger partial charge in [-0.15, -0.1) is 0 Å². The third-order valence-electron chi connectivity index (χ3n) is 4.62. The van der Waals surface area contributed by atoms with Gasteiger partial charge in [-0.1, -0.05) is 24.3 Å². The van der Waals surface area contributed by atoms with Crippen molar-refractivity contribution in [3.05, 3.63) is 35.4 Å². The molecule has 6 heteroatoms. The van der Waals surface area contributed by atoms with E-state index in [0.29, 0.717) is 6.10 Å². The lowest BCUT2D eigenvalue weighted by Gasteiger charge is -2.31. The van der Waals surface area contributed by atoms with E-state index in [2.05, 4.69) is 51.7 Å². The van der Waals surface area contributed by atoms with Crippen molar-refractivity contribution < 1.29 is 9.47 Å². The summed E-state index contributed by atoms with van der Waals surface area (Å²) in [6.07, 6.45) is 2.47. The molecule has 2 rings (SSSR count). The van der Waals surface area contributed by atoms with Crippen molar-refractivity contribution in [3.8, 4) is 0 Å². The molecule has 0 amide bonds. The Labute approximate surface area is 164 Å². The number of benzene rings is 1. The Morgan fingerprint density at radius 2 is 2.15 bits per heavy atom. The van der Waals surface area contributed by atoms with Gasteiger partial charge in [0.15, 0.2) is 5.96 Å². The zero-order chi connectivity index (χ0) is 19.3. The summed E-state index contributed by atoms with van der Waals surface area (Å²) in [6.45, 7) is 11.3. The lowest BCUT2D eigenvalue weighted by Crippen LogP contribution is -2.40. The highest BCUT2D eigenvalue weighted by Gasteiger charge is 2.16. The summed E-state index contributed by atoms with van der Waals surface area (Å²) < 4.78 is 11.0. The predicted octanol–water partition coefficient (Wildman–Crippen LogP) is 2.39. The third kappa shape index (κ3) is 8.73. The van der Waals surface area contributed by atoms with E-state index in [4.69, 9.17) is 9.47 Å². The van der Waals surface area contributed by atoms with Crippen molar-refractivity contribution in [3.63, 3.8) is 0 Å². The maximum Gasteiger partial charge on any atom is 0.191 e. The molecule has 1 unspecified atom stereocenters. The molecule has 1 fully saturated rings. The fraction of sp³-hybridized carbons (Fsp3) is 0.667. The number of guanidine groups is 1. The Morgan fingerprint density at radius 3 is 2.93 bits per heavy atom. The number of morpholine rings is 1. The average Bonchev–Trinajstić information content (AvgIpc) is 2.67. The van der Waals surface area contributed by atoms with E-state index < -0.39 is 0 Å². The Kier molecular flexibility index (Phi) is 10.2. The number of hydrogen-bond donors (Lipinski definition) is 2. The van der Waals surface area contributed by atoms with Gasteiger partial charge >= 0.3 is 0 Å². The maximum absolute atomic E-state index is 5.63. The van der Waals surface area contributed by atoms with Gasteiger partial charge in [0.25, 0.3) is 0 Å². The fourth-order valence-electron chi connectivity index (χ4n) is 3.22. The minimum atomic E-state index is 0.325. The van der Waals surface area contributed by atoms with Gasteiger partial charge in [-0.2, -0.15) is 0 Å². The maximum atomic E-state index is 5.63. The minimum absolute atomic E-state index is 0.325. The van der Waals surface area contributed by atoms with E-state index in [-0.39, 0.29) is 0 Å². The highest BCUT2D eigenvalue weighted by molar-refractivity contribution is 5.79. The molecule has 2 N–H and O–H groups in total. The smallest absolute Gasteiger partial charge is 0.191 e. The van der Waals surface area contributed by atoms with E-state index in [1.807, 2.05) is 14.0 Å². The number of rotatable bonds is 10. The molecule has 1 aliphatic rings. The Balaban J connectivity index is 1.72. The van der Waals surface area contributed by atoms with Crippen molar-refractivity contribution in [2.24, 2.45) is 4.99 Å². The summed E-state index contributed by atoms with van der Waals surface area (Å²) in [6, 6.07) is 8.78. The molecule has 1 heterocycles. The van der Waals surface area contributed by atoms with E-state index in [9.17, 15) is 0 Å². The molecule has 0 aliphatic carbocycles. The van der Waals surface area contributed by atoms with E-state index in [0.717, 1.165) is 71.3 Å². The molecular formula is C21H36N4O2. The second kappa shape index (κ2) is 12.7. The van der Waals surface area contributed by atoms with Crippen LogP contribution in [0.2, 0.25) is 0 Å². The van der Waals surface area contributed by atoms with E-state index in [1.165, 1.54) is 11.1 Å². The SMILES string of the molecule is CCOCCCCNC(=NC)NCc1cccc(CN2CCOC(C)C2)c1. The van der Waals surface area contributed by atoms with Gasteiger partial charge in [0.2, 0.25) is 0 Å². The number of hydrogen-bond acceptors (Lipinski definition) is 4. The second-order valence-corrected chi connectivity index (χ2v) is 6.99. The van der Waals surface area contributed by atoms with Crippen molar-refractivity contribution in [2.45, 2.75) is 45.9 Å². The molecular weight excluding hydrogens is 340 g/mol. The van der Waals surface area contributed by atoms with Gasteiger partial charge < -0.3 is 20.1 Å². The van der Waals surface area contributed by atoms with Crippen LogP contribution in [0.5, 0.6) is 0 Å². The first kappa shape index (κ1) is 21.7. The summed E-state index contributed by atoms with van der Waals surface area (Å²) >= 11 is 0. The predicted molar refractivity (Wildman–Crippen MR) is 111 cm³/mol. The van der Waals surface area contributed by atoms with Gasteiger partial charge in [-0.3, -0.25) is 9.89 Å². The normalized spacial score (nSPS) is 18.5. The molecule has 1 aromatic carbocycles. The molecule has 0 saturated carbocycles. The molecule has 0 aromatic heterocycles. The largest absolute Gasteiger partial charge is 0.382 e. The Morgan fingerprint density at radius 1 is 1.30 bits per heavy atom. The molecule has 0 radical (unpaired) electrons. The molecule has 0 spiro atoms. The van der Waals surface area contributed by atoms with Crippen molar-refractivity contribution in [1.29, 1.82) is 0 Å². The lowest BCUT2D eigenvalue weighted by atomic mass is 10.1. The molecule has 1 saturated heterocycles. The van der Waals surface area contributed by atoms with Gasteiger partial charge in [0.05, 0.1) is 12.7 Å². The van der Waals surface area contributed by atoms with E-state index in [1.54, 1.807) is 0 Å². The van der Waals surface area contributed by atoms with Gasteiger partial charge in [-0.05, 0) is 37.8 Å². The quantitative estimate of drug-likeness (QED) is 0.373. The molecule has 0 bridgehead atoms. The molecule has 27 heavy (non-hydrogen) atoms. The summed E-state index contributed by atoms with van der Waals surface area (Å²) in [7, 11) is 1.81. The molecule has 152 valence electrons. The van der Waals surface area contributed by atoms with E-state index >= 15 is 0 Å². The Bertz CT molecular complexity index is 565. The third-order valence-corrected chi connectivity index (χ3v) is 4.62. The lowest BCUT2D eigenvalue weighted by molar-refractivity contribution is -0.0212. The summed E-state index contributed by atoms with van der Waals surface area (Å²) in [4.78, 5) is 6.76. The number of aliphatic imine (C=N–C) groups is 1. The highest BCUT2D eigenvalue weighted by Crippen LogP contribution is 2.12. The van der Waals surface area contributed by atoms with Crippen molar-refractivity contribution >= 4 is 5.96 Å². The molecule has 6 nitrogen and oxygen atoms in total. The average molecular weight is 377 g/mol. The summed E-state index contributed by atoms with van der Waals surface area (Å²) in [5, 5.41) is 6.76. The number of nitrogens with zero attached hydrogens (tertiary/aromatic N) is 2. The standard InChI is InChI=1S/C21H36N4O2/c1-4-26-12-6-5-10-23-21(22-3)24-15-19-8-7-9-20(14-19)17-25-11-13-27-18(2)16-25/h7-9,14,18H,4-6,10-13,15-17H2,1-3H3,(H2,22,23,24). The van der Waals surface area contributed by atoms with Crippen molar-refractivity contribution in [2.75, 3.05) is 46.5 Å². The van der Waals surface area contributed by atoms with Crippen LogP contribution in [0.1, 0.15) is 37.8 Å². The van der Waals surface area contributed by atoms with Crippen LogP contribution in [-0.4, -0.2) is 63.5 Å². The van der Waals surface area contributed by atoms with Crippen LogP contribution in [0, 0.1) is 0 Å². The zero-order valence-corrected chi connectivity index (χ0v) is 17.2. The first-order valence-corrected chi connectivity index (χ1v) is 10.1. The van der Waals surface area contributed by atoms with Crippen LogP contribution in [0.3, 0.4) is 0 Å².